The van der Waals surface area contributed by atoms with Gasteiger partial charge in [-0.3, -0.25) is 0 Å². The van der Waals surface area contributed by atoms with Crippen molar-refractivity contribution in [2.24, 2.45) is 0 Å². The molecule has 10 heteroatoms. The molecule has 8 nitrogen and oxygen atoms in total. The average Bonchev–Trinajstić information content (AvgIpc) is 2.87. The summed E-state index contributed by atoms with van der Waals surface area (Å²) in [6, 6.07) is 4.88. The Morgan fingerprint density at radius 3 is 2.67 bits per heavy atom. The zero-order valence-corrected chi connectivity index (χ0v) is 12.0. The fraction of sp³-hybridized carbons (Fsp3) is 0.273. The molecule has 0 aliphatic rings. The molecule has 0 radical (unpaired) electrons. The maximum Gasteiger partial charge on any atom is 0.490 e. The van der Waals surface area contributed by atoms with Crippen LogP contribution in [-0.4, -0.2) is 37.5 Å². The second kappa shape index (κ2) is 6.70. The zero-order valence-electron chi connectivity index (χ0n) is 10.5. The first-order valence-electron chi connectivity index (χ1n) is 5.76. The SMILES string of the molecule is O=[N+]([O-])c1ncn(CC(O)COc2c(Cl)cccc2Cl)n1. The highest BCUT2D eigenvalue weighted by Crippen LogP contribution is 2.32. The average molecular weight is 333 g/mol. The number of aliphatic hydroxyl groups is 1. The van der Waals surface area contributed by atoms with Crippen molar-refractivity contribution in [3.05, 3.63) is 44.7 Å². The molecule has 21 heavy (non-hydrogen) atoms. The van der Waals surface area contributed by atoms with Crippen molar-refractivity contribution in [3.63, 3.8) is 0 Å². The normalized spacial score (nSPS) is 12.1. The van der Waals surface area contributed by atoms with Crippen molar-refractivity contribution < 1.29 is 14.8 Å². The van der Waals surface area contributed by atoms with Gasteiger partial charge in [-0.15, -0.1) is 0 Å². The third-order valence-electron chi connectivity index (χ3n) is 2.42. The Morgan fingerprint density at radius 2 is 2.10 bits per heavy atom. The summed E-state index contributed by atoms with van der Waals surface area (Å²) >= 11 is 11.8. The van der Waals surface area contributed by atoms with Crippen LogP contribution < -0.4 is 4.74 Å². The lowest BCUT2D eigenvalue weighted by Crippen LogP contribution is -2.24. The van der Waals surface area contributed by atoms with E-state index in [1.54, 1.807) is 18.2 Å². The van der Waals surface area contributed by atoms with E-state index in [1.807, 2.05) is 0 Å². The monoisotopic (exact) mass is 332 g/mol. The molecule has 2 aromatic rings. The van der Waals surface area contributed by atoms with E-state index in [4.69, 9.17) is 27.9 Å². The number of aromatic nitrogens is 3. The van der Waals surface area contributed by atoms with Gasteiger partial charge in [0.05, 0.1) is 16.6 Å². The predicted molar refractivity (Wildman–Crippen MR) is 74.6 cm³/mol. The Morgan fingerprint density at radius 1 is 1.43 bits per heavy atom. The van der Waals surface area contributed by atoms with Gasteiger partial charge in [0.25, 0.3) is 0 Å². The Balaban J connectivity index is 1.92. The lowest BCUT2D eigenvalue weighted by Gasteiger charge is -2.13. The summed E-state index contributed by atoms with van der Waals surface area (Å²) in [4.78, 5) is 13.2. The summed E-state index contributed by atoms with van der Waals surface area (Å²) in [5.41, 5.74) is 0. The first-order chi connectivity index (χ1) is 9.97. The van der Waals surface area contributed by atoms with Crippen molar-refractivity contribution >= 4 is 29.2 Å². The Kier molecular flexibility index (Phi) is 4.94. The van der Waals surface area contributed by atoms with Crippen LogP contribution in [0.15, 0.2) is 24.5 Å². The van der Waals surface area contributed by atoms with E-state index in [9.17, 15) is 15.2 Å². The van der Waals surface area contributed by atoms with Crippen molar-refractivity contribution in [1.82, 2.24) is 14.8 Å². The number of nitro groups is 1. The van der Waals surface area contributed by atoms with Gasteiger partial charge in [-0.25, -0.2) is 0 Å². The minimum absolute atomic E-state index is 0.0110. The molecule has 0 amide bonds. The van der Waals surface area contributed by atoms with Gasteiger partial charge in [0.1, 0.15) is 12.7 Å². The molecule has 2 rings (SSSR count). The summed E-state index contributed by atoms with van der Waals surface area (Å²) in [5.74, 6) is -0.262. The number of rotatable bonds is 6. The van der Waals surface area contributed by atoms with E-state index in [2.05, 4.69) is 10.1 Å². The van der Waals surface area contributed by atoms with Crippen molar-refractivity contribution in [2.45, 2.75) is 12.6 Å². The molecule has 0 aliphatic carbocycles. The van der Waals surface area contributed by atoms with Crippen molar-refractivity contribution in [3.8, 4) is 5.75 Å². The number of nitrogens with zero attached hydrogens (tertiary/aromatic N) is 4. The lowest BCUT2D eigenvalue weighted by molar-refractivity contribution is -0.394. The van der Waals surface area contributed by atoms with Crippen molar-refractivity contribution in [1.29, 1.82) is 0 Å². The second-order valence-corrected chi connectivity index (χ2v) is 4.85. The third-order valence-corrected chi connectivity index (χ3v) is 3.02. The molecule has 1 heterocycles. The number of aliphatic hydroxyl groups excluding tert-OH is 1. The molecule has 0 fully saturated rings. The van der Waals surface area contributed by atoms with Crippen molar-refractivity contribution in [2.75, 3.05) is 6.61 Å². The minimum Gasteiger partial charge on any atom is -0.488 e. The topological polar surface area (TPSA) is 103 Å². The Bertz CT molecular complexity index is 629. The van der Waals surface area contributed by atoms with E-state index < -0.39 is 17.0 Å². The minimum atomic E-state index is -0.960. The highest BCUT2D eigenvalue weighted by atomic mass is 35.5. The third kappa shape index (κ3) is 4.03. The van der Waals surface area contributed by atoms with Crippen LogP contribution in [0.25, 0.3) is 0 Å². The van der Waals surface area contributed by atoms with Crippen LogP contribution in [0, 0.1) is 10.1 Å². The molecule has 0 saturated carbocycles. The molecule has 0 saturated heterocycles. The van der Waals surface area contributed by atoms with E-state index in [1.165, 1.54) is 0 Å². The molecule has 0 aliphatic heterocycles. The van der Waals surface area contributed by atoms with Gasteiger partial charge in [0.2, 0.25) is 6.33 Å². The molecule has 1 aromatic heterocycles. The molecule has 0 bridgehead atoms. The number of benzene rings is 1. The number of ether oxygens (including phenoxy) is 1. The smallest absolute Gasteiger partial charge is 0.488 e. The summed E-state index contributed by atoms with van der Waals surface area (Å²) in [6.07, 6.45) is 0.197. The fourth-order valence-electron chi connectivity index (χ4n) is 1.53. The number of hydrogen-bond donors (Lipinski definition) is 1. The van der Waals surface area contributed by atoms with Crippen LogP contribution in [0.4, 0.5) is 5.95 Å². The van der Waals surface area contributed by atoms with E-state index in [-0.39, 0.29) is 18.9 Å². The zero-order chi connectivity index (χ0) is 15.4. The summed E-state index contributed by atoms with van der Waals surface area (Å²) in [5, 5.41) is 24.5. The van der Waals surface area contributed by atoms with Crippen LogP contribution in [0.2, 0.25) is 10.0 Å². The summed E-state index contributed by atoms with van der Waals surface area (Å²) in [6.45, 7) is -0.111. The fourth-order valence-corrected chi connectivity index (χ4v) is 2.03. The molecule has 1 atom stereocenters. The molecule has 0 spiro atoms. The lowest BCUT2D eigenvalue weighted by atomic mass is 10.3. The quantitative estimate of drug-likeness (QED) is 0.640. The van der Waals surface area contributed by atoms with Gasteiger partial charge in [0.15, 0.2) is 5.75 Å². The molecule has 112 valence electrons. The van der Waals surface area contributed by atoms with Crippen LogP contribution in [0.3, 0.4) is 0 Å². The van der Waals surface area contributed by atoms with Crippen LogP contribution in [-0.2, 0) is 6.54 Å². The largest absolute Gasteiger partial charge is 0.490 e. The van der Waals surface area contributed by atoms with Crippen LogP contribution in [0.1, 0.15) is 0 Å². The molecular formula is C11H10Cl2N4O4. The number of halogens is 2. The first kappa shape index (κ1) is 15.5. The van der Waals surface area contributed by atoms with Gasteiger partial charge in [-0.05, 0) is 17.1 Å². The summed E-state index contributed by atoms with van der Waals surface area (Å²) in [7, 11) is 0. The van der Waals surface area contributed by atoms with E-state index in [0.717, 1.165) is 11.0 Å². The maximum atomic E-state index is 10.4. The number of hydrogen-bond acceptors (Lipinski definition) is 6. The van der Waals surface area contributed by atoms with Gasteiger partial charge in [-0.2, -0.15) is 4.68 Å². The molecule has 1 N–H and O–H groups in total. The Hall–Kier alpha value is -1.90. The van der Waals surface area contributed by atoms with Crippen LogP contribution >= 0.6 is 23.2 Å². The predicted octanol–water partition coefficient (Wildman–Crippen LogP) is 1.93. The molecule has 1 unspecified atom stereocenters. The molecular weight excluding hydrogens is 323 g/mol. The number of para-hydroxylation sites is 1. The first-order valence-corrected chi connectivity index (χ1v) is 6.51. The van der Waals surface area contributed by atoms with Gasteiger partial charge in [-0.1, -0.05) is 34.3 Å². The maximum absolute atomic E-state index is 10.4. The van der Waals surface area contributed by atoms with Gasteiger partial charge in [0, 0.05) is 5.10 Å². The van der Waals surface area contributed by atoms with E-state index >= 15 is 0 Å². The molecule has 1 aromatic carbocycles. The standard InChI is InChI=1S/C11H10Cl2N4O4/c12-8-2-1-3-9(13)10(8)21-5-7(18)4-16-6-14-11(15-16)17(19)20/h1-3,6-7,18H,4-5H2. The van der Waals surface area contributed by atoms with E-state index in [0.29, 0.717) is 10.0 Å². The van der Waals surface area contributed by atoms with Gasteiger partial charge < -0.3 is 20.0 Å². The highest BCUT2D eigenvalue weighted by molar-refractivity contribution is 6.37. The highest BCUT2D eigenvalue weighted by Gasteiger charge is 2.17. The van der Waals surface area contributed by atoms with Gasteiger partial charge >= 0.3 is 5.95 Å². The van der Waals surface area contributed by atoms with Crippen LogP contribution in [0.5, 0.6) is 5.75 Å². The summed E-state index contributed by atoms with van der Waals surface area (Å²) < 4.78 is 6.50. The second-order valence-electron chi connectivity index (χ2n) is 4.04. The Labute approximate surface area is 129 Å².